The van der Waals surface area contributed by atoms with Crippen LogP contribution in [0.3, 0.4) is 0 Å². The van der Waals surface area contributed by atoms with E-state index in [9.17, 15) is 0 Å². The molecule has 1 rings (SSSR count). The second-order valence-corrected chi connectivity index (χ2v) is 6.28. The monoisotopic (exact) mass is 326 g/mol. The van der Waals surface area contributed by atoms with E-state index in [1.54, 1.807) is 0 Å². The van der Waals surface area contributed by atoms with E-state index in [2.05, 4.69) is 34.0 Å². The molecule has 0 aliphatic heterocycles. The summed E-state index contributed by atoms with van der Waals surface area (Å²) in [7, 11) is 0. The van der Waals surface area contributed by atoms with E-state index < -0.39 is 0 Å². The molecule has 22 heavy (non-hydrogen) atoms. The van der Waals surface area contributed by atoms with E-state index in [0.29, 0.717) is 0 Å². The average molecular weight is 327 g/mol. The quantitative estimate of drug-likeness (QED) is 0.393. The molecule has 0 fully saturated rings. The van der Waals surface area contributed by atoms with Gasteiger partial charge in [-0.15, -0.1) is 0 Å². The van der Waals surface area contributed by atoms with Gasteiger partial charge in [-0.2, -0.15) is 11.8 Å². The van der Waals surface area contributed by atoms with E-state index in [4.69, 9.17) is 4.52 Å². The third kappa shape index (κ3) is 7.20. The first-order chi connectivity index (χ1) is 10.7. The van der Waals surface area contributed by atoms with Crippen molar-refractivity contribution in [2.24, 2.45) is 4.99 Å². The second-order valence-electron chi connectivity index (χ2n) is 5.29. The number of nitrogens with zero attached hydrogens (tertiary/aromatic N) is 2. The summed E-state index contributed by atoms with van der Waals surface area (Å²) in [4.78, 5) is 4.63. The molecule has 0 aromatic carbocycles. The molecule has 0 spiro atoms. The van der Waals surface area contributed by atoms with Gasteiger partial charge < -0.3 is 15.2 Å². The molecule has 2 N–H and O–H groups in total. The number of aromatic nitrogens is 1. The number of hydrogen-bond acceptors (Lipinski definition) is 4. The average Bonchev–Trinajstić information content (AvgIpc) is 2.82. The summed E-state index contributed by atoms with van der Waals surface area (Å²) >= 11 is 1.90. The topological polar surface area (TPSA) is 62.5 Å². The molecule has 6 heteroatoms. The molecular weight excluding hydrogens is 296 g/mol. The Morgan fingerprint density at radius 1 is 1.23 bits per heavy atom. The van der Waals surface area contributed by atoms with Crippen LogP contribution in [0.1, 0.15) is 43.2 Å². The fourth-order valence-electron chi connectivity index (χ4n) is 2.23. The first-order valence-corrected chi connectivity index (χ1v) is 9.51. The molecule has 0 aliphatic rings. The maximum Gasteiger partial charge on any atom is 0.191 e. The molecule has 0 saturated carbocycles. The zero-order chi connectivity index (χ0) is 16.2. The van der Waals surface area contributed by atoms with Crippen molar-refractivity contribution in [2.45, 2.75) is 46.5 Å². The third-order valence-corrected chi connectivity index (χ3v) is 4.14. The van der Waals surface area contributed by atoms with Crippen LogP contribution in [0.4, 0.5) is 0 Å². The molecule has 0 amide bonds. The van der Waals surface area contributed by atoms with Gasteiger partial charge in [-0.05, 0) is 58.5 Å². The maximum atomic E-state index is 5.19. The number of nitrogens with one attached hydrogen (secondary N) is 2. The van der Waals surface area contributed by atoms with Gasteiger partial charge >= 0.3 is 0 Å². The van der Waals surface area contributed by atoms with Crippen molar-refractivity contribution in [3.63, 3.8) is 0 Å². The van der Waals surface area contributed by atoms with Crippen LogP contribution in [-0.4, -0.2) is 42.8 Å². The highest BCUT2D eigenvalue weighted by atomic mass is 32.2. The Morgan fingerprint density at radius 2 is 2.05 bits per heavy atom. The number of aliphatic imine (C=N–C) groups is 1. The van der Waals surface area contributed by atoms with Gasteiger partial charge in [-0.25, -0.2) is 0 Å². The van der Waals surface area contributed by atoms with Gasteiger partial charge in [0.25, 0.3) is 0 Å². The molecule has 0 bridgehead atoms. The Labute approximate surface area is 138 Å². The number of rotatable bonds is 10. The van der Waals surface area contributed by atoms with E-state index in [1.807, 2.05) is 25.6 Å². The number of thioether (sulfide) groups is 1. The van der Waals surface area contributed by atoms with Crippen LogP contribution in [0.5, 0.6) is 0 Å². The van der Waals surface area contributed by atoms with Crippen LogP contribution in [0.15, 0.2) is 9.52 Å². The standard InChI is InChI=1S/C16H30N4OS/c1-5-17-16(18-10-6-7-12-22-4)19-11-8-9-15-13(2)20-21-14(15)3/h5-12H2,1-4H3,(H2,17,18,19). The van der Waals surface area contributed by atoms with Crippen LogP contribution >= 0.6 is 11.8 Å². The summed E-state index contributed by atoms with van der Waals surface area (Å²) in [6.07, 6.45) is 6.56. The summed E-state index contributed by atoms with van der Waals surface area (Å²) in [5.41, 5.74) is 2.23. The summed E-state index contributed by atoms with van der Waals surface area (Å²) in [5, 5.41) is 10.7. The maximum absolute atomic E-state index is 5.19. The van der Waals surface area contributed by atoms with Gasteiger partial charge in [0.15, 0.2) is 5.96 Å². The van der Waals surface area contributed by atoms with Gasteiger partial charge in [0.2, 0.25) is 0 Å². The van der Waals surface area contributed by atoms with Crippen LogP contribution < -0.4 is 10.6 Å². The van der Waals surface area contributed by atoms with Crippen LogP contribution in [0.2, 0.25) is 0 Å². The smallest absolute Gasteiger partial charge is 0.191 e. The normalized spacial score (nSPS) is 11.7. The van der Waals surface area contributed by atoms with Crippen molar-refractivity contribution < 1.29 is 4.52 Å². The van der Waals surface area contributed by atoms with Crippen LogP contribution in [-0.2, 0) is 6.42 Å². The highest BCUT2D eigenvalue weighted by Gasteiger charge is 2.07. The molecule has 1 aromatic heterocycles. The Kier molecular flexibility index (Phi) is 9.79. The molecule has 1 aromatic rings. The molecule has 0 saturated heterocycles. The zero-order valence-electron chi connectivity index (χ0n) is 14.4. The molecule has 0 aliphatic carbocycles. The van der Waals surface area contributed by atoms with Crippen molar-refractivity contribution in [3.8, 4) is 0 Å². The minimum absolute atomic E-state index is 0.810. The largest absolute Gasteiger partial charge is 0.361 e. The number of unbranched alkanes of at least 4 members (excludes halogenated alkanes) is 1. The predicted octanol–water partition coefficient (Wildman–Crippen LogP) is 2.92. The van der Waals surface area contributed by atoms with Gasteiger partial charge in [0.05, 0.1) is 5.69 Å². The molecule has 5 nitrogen and oxygen atoms in total. The van der Waals surface area contributed by atoms with Crippen molar-refractivity contribution in [1.82, 2.24) is 15.8 Å². The molecular formula is C16H30N4OS. The van der Waals surface area contributed by atoms with Gasteiger partial charge in [-0.3, -0.25) is 4.99 Å². The number of hydrogen-bond donors (Lipinski definition) is 2. The van der Waals surface area contributed by atoms with Crippen molar-refractivity contribution in [2.75, 3.05) is 31.6 Å². The van der Waals surface area contributed by atoms with Gasteiger partial charge in [0.1, 0.15) is 5.76 Å². The van der Waals surface area contributed by atoms with Gasteiger partial charge in [-0.1, -0.05) is 5.16 Å². The number of aryl methyl sites for hydroxylation is 2. The van der Waals surface area contributed by atoms with Crippen molar-refractivity contribution >= 4 is 17.7 Å². The molecule has 0 atom stereocenters. The highest BCUT2D eigenvalue weighted by molar-refractivity contribution is 7.98. The summed E-state index contributed by atoms with van der Waals surface area (Å²) in [5.74, 6) is 3.08. The fourth-order valence-corrected chi connectivity index (χ4v) is 2.72. The minimum Gasteiger partial charge on any atom is -0.361 e. The third-order valence-electron chi connectivity index (χ3n) is 3.45. The summed E-state index contributed by atoms with van der Waals surface area (Å²) in [6.45, 7) is 8.74. The molecule has 126 valence electrons. The lowest BCUT2D eigenvalue weighted by atomic mass is 10.1. The Balaban J connectivity index is 2.29. The van der Waals surface area contributed by atoms with E-state index in [-0.39, 0.29) is 0 Å². The van der Waals surface area contributed by atoms with E-state index in [1.165, 1.54) is 24.2 Å². The molecule has 1 heterocycles. The van der Waals surface area contributed by atoms with E-state index in [0.717, 1.165) is 49.9 Å². The first kappa shape index (κ1) is 18.9. The number of guanidine groups is 1. The summed E-state index contributed by atoms with van der Waals surface area (Å²) in [6, 6.07) is 0. The Morgan fingerprint density at radius 3 is 2.68 bits per heavy atom. The van der Waals surface area contributed by atoms with Crippen LogP contribution in [0, 0.1) is 13.8 Å². The van der Waals surface area contributed by atoms with Gasteiger partial charge in [0, 0.05) is 25.2 Å². The lowest BCUT2D eigenvalue weighted by molar-refractivity contribution is 0.392. The second kappa shape index (κ2) is 11.4. The predicted molar refractivity (Wildman–Crippen MR) is 95.9 cm³/mol. The van der Waals surface area contributed by atoms with E-state index >= 15 is 0 Å². The Hall–Kier alpha value is -1.17. The highest BCUT2D eigenvalue weighted by Crippen LogP contribution is 2.14. The molecule has 0 radical (unpaired) electrons. The van der Waals surface area contributed by atoms with Crippen molar-refractivity contribution in [1.29, 1.82) is 0 Å². The summed E-state index contributed by atoms with van der Waals surface area (Å²) < 4.78 is 5.19. The lowest BCUT2D eigenvalue weighted by Crippen LogP contribution is -2.37. The molecule has 0 unspecified atom stereocenters. The van der Waals surface area contributed by atoms with Crippen LogP contribution in [0.25, 0.3) is 0 Å². The fraction of sp³-hybridized carbons (Fsp3) is 0.750. The Bertz CT molecular complexity index is 426. The first-order valence-electron chi connectivity index (χ1n) is 8.11. The van der Waals surface area contributed by atoms with Crippen molar-refractivity contribution in [3.05, 3.63) is 17.0 Å². The SMILES string of the molecule is CCNC(=NCCCc1c(C)noc1C)NCCCCSC. The lowest BCUT2D eigenvalue weighted by Gasteiger charge is -2.11. The minimum atomic E-state index is 0.810. The zero-order valence-corrected chi connectivity index (χ0v) is 15.2.